The molecule has 4 rings (SSSR count). The lowest BCUT2D eigenvalue weighted by molar-refractivity contribution is 0.443. The summed E-state index contributed by atoms with van der Waals surface area (Å²) < 4.78 is 0. The first kappa shape index (κ1) is 13.5. The fraction of sp³-hybridized carbons (Fsp3) is 0.368. The summed E-state index contributed by atoms with van der Waals surface area (Å²) in [6.07, 6.45) is 4.26. The highest BCUT2D eigenvalue weighted by molar-refractivity contribution is 5.88. The van der Waals surface area contributed by atoms with E-state index in [1.54, 1.807) is 0 Å². The predicted molar refractivity (Wildman–Crippen MR) is 85.6 cm³/mol. The molecule has 0 amide bonds. The zero-order valence-electron chi connectivity index (χ0n) is 12.9. The van der Waals surface area contributed by atoms with E-state index in [0.29, 0.717) is 5.75 Å². The Balaban J connectivity index is 2.16. The summed E-state index contributed by atoms with van der Waals surface area (Å²) in [5, 5.41) is 30.8. The molecule has 1 saturated carbocycles. The van der Waals surface area contributed by atoms with Gasteiger partial charge in [-0.05, 0) is 66.6 Å². The monoisotopic (exact) mass is 296 g/mol. The molecule has 1 spiro atoms. The van der Waals surface area contributed by atoms with Crippen LogP contribution in [0.5, 0.6) is 17.2 Å². The Hall–Kier alpha value is -2.16. The molecule has 2 aromatic carbocycles. The molecule has 3 N–H and O–H groups in total. The molecule has 2 aromatic rings. The molecule has 0 unspecified atom stereocenters. The van der Waals surface area contributed by atoms with Crippen LogP contribution in [0.25, 0.3) is 11.1 Å². The van der Waals surface area contributed by atoms with Crippen molar-refractivity contribution in [3.8, 4) is 28.4 Å². The van der Waals surface area contributed by atoms with Crippen LogP contribution in [-0.4, -0.2) is 15.3 Å². The SMILES string of the molecule is Cc1cc2c(cc1O)C1(CCCC1)c1c(C)c(O)cc(O)c1-2. The van der Waals surface area contributed by atoms with Gasteiger partial charge in [-0.2, -0.15) is 0 Å². The zero-order valence-corrected chi connectivity index (χ0v) is 12.9. The normalized spacial score (nSPS) is 17.7. The van der Waals surface area contributed by atoms with Crippen LogP contribution in [0, 0.1) is 13.8 Å². The molecule has 0 aliphatic heterocycles. The van der Waals surface area contributed by atoms with Crippen LogP contribution in [0.3, 0.4) is 0 Å². The van der Waals surface area contributed by atoms with E-state index < -0.39 is 0 Å². The highest BCUT2D eigenvalue weighted by Gasteiger charge is 2.47. The van der Waals surface area contributed by atoms with Crippen molar-refractivity contribution in [2.45, 2.75) is 44.9 Å². The van der Waals surface area contributed by atoms with E-state index in [1.807, 2.05) is 26.0 Å². The Bertz CT molecular complexity index is 799. The quantitative estimate of drug-likeness (QED) is 0.680. The van der Waals surface area contributed by atoms with E-state index in [2.05, 4.69) is 0 Å². The molecule has 114 valence electrons. The van der Waals surface area contributed by atoms with Crippen molar-refractivity contribution >= 4 is 0 Å². The Kier molecular flexibility index (Phi) is 2.57. The number of aromatic hydroxyl groups is 3. The summed E-state index contributed by atoms with van der Waals surface area (Å²) in [7, 11) is 0. The minimum absolute atomic E-state index is 0.133. The zero-order chi connectivity index (χ0) is 15.6. The van der Waals surface area contributed by atoms with Crippen molar-refractivity contribution in [2.75, 3.05) is 0 Å². The Morgan fingerprint density at radius 1 is 0.864 bits per heavy atom. The molecule has 0 heterocycles. The largest absolute Gasteiger partial charge is 0.508 e. The van der Waals surface area contributed by atoms with Crippen molar-refractivity contribution in [2.24, 2.45) is 0 Å². The van der Waals surface area contributed by atoms with Crippen molar-refractivity contribution < 1.29 is 15.3 Å². The van der Waals surface area contributed by atoms with Gasteiger partial charge in [0.05, 0.1) is 0 Å². The lowest BCUT2D eigenvalue weighted by atomic mass is 9.75. The molecule has 22 heavy (non-hydrogen) atoms. The molecule has 2 aliphatic rings. The maximum absolute atomic E-state index is 10.5. The fourth-order valence-electron chi connectivity index (χ4n) is 4.56. The number of phenols is 3. The van der Waals surface area contributed by atoms with Crippen LogP contribution in [0.4, 0.5) is 0 Å². The van der Waals surface area contributed by atoms with Gasteiger partial charge in [0, 0.05) is 17.0 Å². The number of benzene rings is 2. The highest BCUT2D eigenvalue weighted by Crippen LogP contribution is 2.61. The molecule has 2 aliphatic carbocycles. The molecule has 3 heteroatoms. The van der Waals surface area contributed by atoms with Crippen LogP contribution in [0.15, 0.2) is 18.2 Å². The van der Waals surface area contributed by atoms with Crippen LogP contribution >= 0.6 is 0 Å². The van der Waals surface area contributed by atoms with Crippen LogP contribution in [-0.2, 0) is 5.41 Å². The number of fused-ring (bicyclic) bond motifs is 5. The standard InChI is InChI=1S/C19H20O3/c1-10-7-12-13(8-14(10)20)19(5-3-4-6-19)18-11(2)15(21)9-16(22)17(12)18/h7-9,20-22H,3-6H2,1-2H3. The summed E-state index contributed by atoms with van der Waals surface area (Å²) >= 11 is 0. The molecule has 0 atom stereocenters. The van der Waals surface area contributed by atoms with E-state index >= 15 is 0 Å². The van der Waals surface area contributed by atoms with Gasteiger partial charge >= 0.3 is 0 Å². The van der Waals surface area contributed by atoms with Gasteiger partial charge in [0.2, 0.25) is 0 Å². The first-order chi connectivity index (χ1) is 10.5. The third kappa shape index (κ3) is 1.46. The summed E-state index contributed by atoms with van der Waals surface area (Å²) in [5.74, 6) is 0.587. The molecule has 0 aromatic heterocycles. The average molecular weight is 296 g/mol. The number of phenolic OH excluding ortho intramolecular Hbond substituents is 3. The van der Waals surface area contributed by atoms with Gasteiger partial charge in [-0.3, -0.25) is 0 Å². The summed E-state index contributed by atoms with van der Waals surface area (Å²) in [4.78, 5) is 0. The molecular formula is C19H20O3. The number of rotatable bonds is 0. The van der Waals surface area contributed by atoms with Crippen molar-refractivity contribution in [1.29, 1.82) is 0 Å². The molecular weight excluding hydrogens is 276 g/mol. The summed E-state index contributed by atoms with van der Waals surface area (Å²) in [6.45, 7) is 3.80. The first-order valence-electron chi connectivity index (χ1n) is 7.86. The van der Waals surface area contributed by atoms with E-state index in [0.717, 1.165) is 59.1 Å². The second-order valence-corrected chi connectivity index (χ2v) is 6.76. The van der Waals surface area contributed by atoms with Gasteiger partial charge in [0.15, 0.2) is 0 Å². The molecule has 1 fully saturated rings. The van der Waals surface area contributed by atoms with Crippen LogP contribution in [0.1, 0.15) is 47.9 Å². The van der Waals surface area contributed by atoms with Crippen molar-refractivity contribution in [1.82, 2.24) is 0 Å². The van der Waals surface area contributed by atoms with Gasteiger partial charge in [0.25, 0.3) is 0 Å². The van der Waals surface area contributed by atoms with Crippen LogP contribution in [0.2, 0.25) is 0 Å². The maximum atomic E-state index is 10.5. The van der Waals surface area contributed by atoms with Gasteiger partial charge in [0.1, 0.15) is 17.2 Å². The smallest absolute Gasteiger partial charge is 0.127 e. The lowest BCUT2D eigenvalue weighted by Crippen LogP contribution is -2.21. The Morgan fingerprint density at radius 2 is 1.55 bits per heavy atom. The highest BCUT2D eigenvalue weighted by atomic mass is 16.3. The van der Waals surface area contributed by atoms with E-state index in [4.69, 9.17) is 0 Å². The second kappa shape index (κ2) is 4.19. The predicted octanol–water partition coefficient (Wildman–Crippen LogP) is 4.26. The third-order valence-electron chi connectivity index (χ3n) is 5.60. The Labute approximate surface area is 129 Å². The van der Waals surface area contributed by atoms with Crippen LogP contribution < -0.4 is 0 Å². The third-order valence-corrected chi connectivity index (χ3v) is 5.60. The molecule has 0 bridgehead atoms. The maximum Gasteiger partial charge on any atom is 0.127 e. The van der Waals surface area contributed by atoms with Crippen molar-refractivity contribution in [3.05, 3.63) is 40.5 Å². The minimum Gasteiger partial charge on any atom is -0.508 e. The average Bonchev–Trinajstić information content (AvgIpc) is 3.04. The molecule has 0 radical (unpaired) electrons. The first-order valence-corrected chi connectivity index (χ1v) is 7.86. The Morgan fingerprint density at radius 3 is 2.23 bits per heavy atom. The lowest BCUT2D eigenvalue weighted by Gasteiger charge is -2.28. The number of hydrogen-bond acceptors (Lipinski definition) is 3. The van der Waals surface area contributed by atoms with E-state index in [9.17, 15) is 15.3 Å². The van der Waals surface area contributed by atoms with E-state index in [1.165, 1.54) is 6.07 Å². The number of hydrogen-bond donors (Lipinski definition) is 3. The summed E-state index contributed by atoms with van der Waals surface area (Å²) in [6, 6.07) is 5.27. The van der Waals surface area contributed by atoms with Gasteiger partial charge < -0.3 is 15.3 Å². The van der Waals surface area contributed by atoms with Gasteiger partial charge in [-0.15, -0.1) is 0 Å². The topological polar surface area (TPSA) is 60.7 Å². The minimum atomic E-state index is -0.170. The second-order valence-electron chi connectivity index (χ2n) is 6.76. The molecule has 3 nitrogen and oxygen atoms in total. The van der Waals surface area contributed by atoms with Crippen molar-refractivity contribution in [3.63, 3.8) is 0 Å². The summed E-state index contributed by atoms with van der Waals surface area (Å²) in [5.41, 5.74) is 5.50. The number of aryl methyl sites for hydroxylation is 1. The fourth-order valence-corrected chi connectivity index (χ4v) is 4.56. The van der Waals surface area contributed by atoms with E-state index in [-0.39, 0.29) is 16.9 Å². The van der Waals surface area contributed by atoms with Gasteiger partial charge in [-0.25, -0.2) is 0 Å². The molecule has 0 saturated heterocycles. The van der Waals surface area contributed by atoms with Gasteiger partial charge in [-0.1, -0.05) is 12.8 Å².